The second kappa shape index (κ2) is 21.2. The zero-order chi connectivity index (χ0) is 49.5. The lowest BCUT2D eigenvalue weighted by atomic mass is 10.1. The van der Waals surface area contributed by atoms with Gasteiger partial charge in [-0.15, -0.1) is 29.1 Å². The molecule has 358 valence electrons. The number of guanidine groups is 1. The maximum absolute atomic E-state index is 12.9. The average molecular weight is 1020 g/mol. The quantitative estimate of drug-likeness (QED) is 0.0129. The molecule has 0 saturated heterocycles. The first kappa shape index (κ1) is 50.3. The lowest BCUT2D eigenvalue weighted by molar-refractivity contribution is -0.432. The Labute approximate surface area is 389 Å². The standard InChI is InChI=1S/C35H33N13O16S4/c1-14-8-15(2)38-32(37-14)43-34(51)40-18-4-6-22(65-63-61-53)20(12-18)45-48-30-25(68(58,59)60)11-17-10-23(66-64-62-54)29(31(50)27(17)28(30)36)47-46-21-13-19(5-7-24(21)67(55,56)57)41-35(52)44-33-39-16(3)9-26(49)42-33/h4-7,9-13,15,50,53-54H,1,8,36H2,2-3H3,(H,55,56,57)(H,58,59,60)(H3,37,38,40,43,51)(H3,39,41,42,44,49,52). The number of H-pyrrole nitrogens is 1. The number of aryl methyl sites for hydroxylation is 1. The van der Waals surface area contributed by atoms with Gasteiger partial charge in [-0.1, -0.05) is 16.7 Å². The van der Waals surface area contributed by atoms with Crippen molar-refractivity contribution >= 4 is 119 Å². The lowest BCUT2D eigenvalue weighted by Crippen LogP contribution is -2.48. The van der Waals surface area contributed by atoms with Crippen molar-refractivity contribution in [3.05, 3.63) is 82.9 Å². The van der Waals surface area contributed by atoms with Gasteiger partial charge in [0.25, 0.3) is 25.8 Å². The van der Waals surface area contributed by atoms with Crippen molar-refractivity contribution in [1.29, 1.82) is 0 Å². The van der Waals surface area contributed by atoms with Crippen LogP contribution in [0.5, 0.6) is 5.75 Å². The SMILES string of the molecule is C=C1CC(C)NC(NC(=O)Nc2ccc(SOOO)c(N=Nc3c(S(=O)(=O)O)cc4cc(SOOO)c(N=Nc5cc(NC(=O)Nc6nc(=O)cc(C)[nH]6)ccc5S(=O)(=O)O)c(O)c4c3N)c2)=N1. The highest BCUT2D eigenvalue weighted by Crippen LogP contribution is 2.50. The van der Waals surface area contributed by atoms with Gasteiger partial charge in [-0.2, -0.15) is 21.8 Å². The number of nitrogens with one attached hydrogen (secondary N) is 6. The van der Waals surface area contributed by atoms with E-state index in [1.807, 2.05) is 6.92 Å². The molecule has 4 aromatic carbocycles. The van der Waals surface area contributed by atoms with Crippen molar-refractivity contribution in [2.45, 2.75) is 45.9 Å². The molecule has 2 heterocycles. The van der Waals surface area contributed by atoms with Gasteiger partial charge in [-0.05, 0) is 67.8 Å². The predicted molar refractivity (Wildman–Crippen MR) is 240 cm³/mol. The molecular formula is C35H33N13O16S4. The van der Waals surface area contributed by atoms with E-state index in [-0.39, 0.29) is 62.2 Å². The van der Waals surface area contributed by atoms with E-state index >= 15 is 0 Å². The van der Waals surface area contributed by atoms with Crippen molar-refractivity contribution in [2.75, 3.05) is 21.7 Å². The summed E-state index contributed by atoms with van der Waals surface area (Å²) in [6.07, 6.45) is 0.542. The van der Waals surface area contributed by atoms with Gasteiger partial charge in [-0.3, -0.25) is 24.5 Å². The molecular weight excluding hydrogens is 987 g/mol. The molecule has 0 saturated carbocycles. The lowest BCUT2D eigenvalue weighted by Gasteiger charge is -2.22. The van der Waals surface area contributed by atoms with Crippen molar-refractivity contribution in [2.24, 2.45) is 25.4 Å². The molecule has 5 aromatic rings. The second-order valence-corrected chi connectivity index (χ2v) is 17.9. The van der Waals surface area contributed by atoms with Crippen LogP contribution in [0.4, 0.5) is 55.3 Å². The van der Waals surface area contributed by atoms with Crippen LogP contribution in [-0.4, -0.2) is 75.6 Å². The summed E-state index contributed by atoms with van der Waals surface area (Å²) in [5, 5.41) is 64.5. The third kappa shape index (κ3) is 12.6. The zero-order valence-corrected chi connectivity index (χ0v) is 37.6. The molecule has 1 aromatic heterocycles. The molecule has 1 aliphatic heterocycles. The number of rotatable bonds is 15. The first-order valence-corrected chi connectivity index (χ1v) is 22.7. The van der Waals surface area contributed by atoms with E-state index in [2.05, 4.69) is 87.3 Å². The number of hydrogen-bond donors (Lipinski definition) is 12. The number of urea groups is 2. The fourth-order valence-corrected chi connectivity index (χ4v) is 8.22. The van der Waals surface area contributed by atoms with E-state index in [1.54, 1.807) is 0 Å². The molecule has 13 N–H and O–H groups in total. The van der Waals surface area contributed by atoms with Crippen LogP contribution in [0.1, 0.15) is 19.0 Å². The Hall–Kier alpha value is -7.15. The molecule has 4 amide bonds. The van der Waals surface area contributed by atoms with Crippen LogP contribution >= 0.6 is 24.1 Å². The number of azo groups is 2. The number of anilines is 4. The van der Waals surface area contributed by atoms with Crippen molar-refractivity contribution < 1.29 is 69.9 Å². The highest BCUT2D eigenvalue weighted by atomic mass is 32.2. The number of aromatic hydroxyl groups is 1. The summed E-state index contributed by atoms with van der Waals surface area (Å²) >= 11 is 0.544. The summed E-state index contributed by atoms with van der Waals surface area (Å²) in [5.41, 5.74) is 3.62. The Balaban J connectivity index is 1.42. The van der Waals surface area contributed by atoms with E-state index in [0.717, 1.165) is 30.3 Å². The summed E-state index contributed by atoms with van der Waals surface area (Å²) in [6, 6.07) is 7.96. The van der Waals surface area contributed by atoms with E-state index < -0.39 is 81.5 Å². The smallest absolute Gasteiger partial charge is 0.326 e. The van der Waals surface area contributed by atoms with Crippen molar-refractivity contribution in [3.63, 3.8) is 0 Å². The number of carbonyl (C=O) groups excluding carboxylic acids is 2. The summed E-state index contributed by atoms with van der Waals surface area (Å²) < 4.78 is 79.7. The van der Waals surface area contributed by atoms with Gasteiger partial charge in [0.15, 0.2) is 5.75 Å². The van der Waals surface area contributed by atoms with Gasteiger partial charge in [0, 0.05) is 41.3 Å². The fraction of sp³-hybridized carbons (Fsp3) is 0.114. The van der Waals surface area contributed by atoms with Crippen molar-refractivity contribution in [3.8, 4) is 5.75 Å². The first-order chi connectivity index (χ1) is 32.1. The highest BCUT2D eigenvalue weighted by Gasteiger charge is 2.27. The third-order valence-electron chi connectivity index (χ3n) is 8.66. The molecule has 0 radical (unpaired) electrons. The maximum atomic E-state index is 12.9. The largest absolute Gasteiger partial charge is 0.505 e. The minimum atomic E-state index is -5.24. The molecule has 29 nitrogen and oxygen atoms in total. The molecule has 68 heavy (non-hydrogen) atoms. The van der Waals surface area contributed by atoms with Crippen LogP contribution in [0, 0.1) is 6.92 Å². The summed E-state index contributed by atoms with van der Waals surface area (Å²) in [4.78, 5) is 45.7. The van der Waals surface area contributed by atoms with Crippen LogP contribution in [0.2, 0.25) is 0 Å². The number of hydrogen-bond acceptors (Lipinski definition) is 24. The van der Waals surface area contributed by atoms with Crippen LogP contribution in [0.25, 0.3) is 10.8 Å². The first-order valence-electron chi connectivity index (χ1n) is 18.4. The summed E-state index contributed by atoms with van der Waals surface area (Å²) in [5.74, 6) is -1.06. The topological polar surface area (TPSA) is 434 Å². The molecule has 1 aliphatic rings. The normalized spacial score (nSPS) is 14.2. The molecule has 33 heteroatoms. The zero-order valence-electron chi connectivity index (χ0n) is 34.3. The number of fused-ring (bicyclic) bond motifs is 1. The minimum absolute atomic E-state index is 0.0343. The van der Waals surface area contributed by atoms with E-state index in [1.165, 1.54) is 31.2 Å². The molecule has 0 spiro atoms. The Kier molecular flexibility index (Phi) is 15.7. The van der Waals surface area contributed by atoms with Crippen molar-refractivity contribution in [1.82, 2.24) is 20.6 Å². The Morgan fingerprint density at radius 3 is 2.06 bits per heavy atom. The molecule has 1 unspecified atom stereocenters. The number of aromatic amines is 1. The number of phenols is 1. The predicted octanol–water partition coefficient (Wildman–Crippen LogP) is 6.72. The number of nitrogens with zero attached hydrogens (tertiary/aromatic N) is 6. The van der Waals surface area contributed by atoms with Gasteiger partial charge in [-0.25, -0.2) is 25.1 Å². The molecule has 0 aliphatic carbocycles. The number of benzene rings is 4. The van der Waals surface area contributed by atoms with E-state index in [4.69, 9.17) is 16.2 Å². The summed E-state index contributed by atoms with van der Waals surface area (Å²) in [6.45, 7) is 7.19. The maximum Gasteiger partial charge on any atom is 0.326 e. The van der Waals surface area contributed by atoms with Crippen LogP contribution in [0.15, 0.2) is 117 Å². The number of aliphatic imine (C=N–C) groups is 1. The van der Waals surface area contributed by atoms with Gasteiger partial charge < -0.3 is 31.8 Å². The van der Waals surface area contributed by atoms with E-state index in [9.17, 15) is 45.4 Å². The van der Waals surface area contributed by atoms with Gasteiger partial charge >= 0.3 is 12.1 Å². The van der Waals surface area contributed by atoms with Gasteiger partial charge in [0.05, 0.1) is 45.0 Å². The van der Waals surface area contributed by atoms with E-state index in [0.29, 0.717) is 29.9 Å². The fourth-order valence-electron chi connectivity index (χ4n) is 6.03. The van der Waals surface area contributed by atoms with Gasteiger partial charge in [0.2, 0.25) is 11.9 Å². The van der Waals surface area contributed by atoms with Crippen LogP contribution in [0.3, 0.4) is 0 Å². The molecule has 6 rings (SSSR count). The van der Waals surface area contributed by atoms with Crippen LogP contribution in [-0.2, 0) is 39.0 Å². The Morgan fingerprint density at radius 1 is 0.824 bits per heavy atom. The number of nitrogens with two attached hydrogens (primary N) is 1. The third-order valence-corrected chi connectivity index (χ3v) is 11.7. The number of nitrogen functional groups attached to an aromatic ring is 1. The van der Waals surface area contributed by atoms with Gasteiger partial charge in [0.1, 0.15) is 32.5 Å². The average Bonchev–Trinajstić information content (AvgIpc) is 3.23. The summed E-state index contributed by atoms with van der Waals surface area (Å²) in [7, 11) is -10.3. The Bertz CT molecular complexity index is 3230. The number of amides is 4. The monoisotopic (exact) mass is 1020 g/mol. The van der Waals surface area contributed by atoms with Crippen LogP contribution < -0.4 is 37.9 Å². The minimum Gasteiger partial charge on any atom is -0.505 e. The highest BCUT2D eigenvalue weighted by molar-refractivity contribution is 7.95. The Morgan fingerprint density at radius 2 is 1.43 bits per heavy atom. The molecule has 1 atom stereocenters. The number of phenolic OH excluding ortho intramolecular Hbond substituents is 1. The molecule has 0 fully saturated rings. The number of aromatic nitrogens is 2. The number of carbonyl (C=O) groups is 2. The second-order valence-electron chi connectivity index (χ2n) is 13.7. The molecule has 0 bridgehead atoms.